The van der Waals surface area contributed by atoms with Crippen LogP contribution in [0.1, 0.15) is 45.1 Å². The molecule has 4 heteroatoms. The molecule has 0 unspecified atom stereocenters. The lowest BCUT2D eigenvalue weighted by Gasteiger charge is -2.16. The van der Waals surface area contributed by atoms with Crippen LogP contribution in [0.3, 0.4) is 0 Å². The third-order valence-electron chi connectivity index (χ3n) is 2.91. The standard InChI is InChI=1S/C16H21N3O/c1-10(2)18-11-6-7-12-13(8-11)17-9-14(19-12)15(20)16(3,4)5/h6-10,18H,1-5H3. The molecular weight excluding hydrogens is 250 g/mol. The first kappa shape index (κ1) is 14.4. The molecule has 0 saturated carbocycles. The van der Waals surface area contributed by atoms with E-state index in [4.69, 9.17) is 0 Å². The van der Waals surface area contributed by atoms with Crippen LogP contribution in [0.5, 0.6) is 0 Å². The molecule has 0 spiro atoms. The van der Waals surface area contributed by atoms with Crippen molar-refractivity contribution in [3.63, 3.8) is 0 Å². The normalized spacial score (nSPS) is 11.9. The van der Waals surface area contributed by atoms with Crippen LogP contribution in [-0.2, 0) is 0 Å². The van der Waals surface area contributed by atoms with Gasteiger partial charge in [0.15, 0.2) is 5.78 Å². The lowest BCUT2D eigenvalue weighted by Crippen LogP contribution is -2.21. The van der Waals surface area contributed by atoms with Crippen LogP contribution in [0.25, 0.3) is 11.0 Å². The highest BCUT2D eigenvalue weighted by atomic mass is 16.1. The van der Waals surface area contributed by atoms with Crippen molar-refractivity contribution >= 4 is 22.5 Å². The van der Waals surface area contributed by atoms with Crippen LogP contribution in [-0.4, -0.2) is 21.8 Å². The van der Waals surface area contributed by atoms with Crippen molar-refractivity contribution < 1.29 is 4.79 Å². The summed E-state index contributed by atoms with van der Waals surface area (Å²) in [5.74, 6) is 0.0104. The third kappa shape index (κ3) is 3.13. The van der Waals surface area contributed by atoms with Gasteiger partial charge >= 0.3 is 0 Å². The van der Waals surface area contributed by atoms with Gasteiger partial charge < -0.3 is 5.32 Å². The number of Topliss-reactive ketones (excluding diaryl/α,β-unsaturated/α-hetero) is 1. The van der Waals surface area contributed by atoms with Crippen LogP contribution in [0.4, 0.5) is 5.69 Å². The molecule has 2 rings (SSSR count). The van der Waals surface area contributed by atoms with Crippen LogP contribution in [0.15, 0.2) is 24.4 Å². The summed E-state index contributed by atoms with van der Waals surface area (Å²) >= 11 is 0. The molecule has 20 heavy (non-hydrogen) atoms. The minimum atomic E-state index is -0.443. The van der Waals surface area contributed by atoms with Gasteiger partial charge in [0.2, 0.25) is 0 Å². The fraction of sp³-hybridized carbons (Fsp3) is 0.438. The zero-order valence-electron chi connectivity index (χ0n) is 12.7. The largest absolute Gasteiger partial charge is 0.383 e. The minimum Gasteiger partial charge on any atom is -0.383 e. The molecule has 0 saturated heterocycles. The SMILES string of the molecule is CC(C)Nc1ccc2nc(C(=O)C(C)(C)C)cnc2c1. The van der Waals surface area contributed by atoms with E-state index in [9.17, 15) is 4.79 Å². The molecule has 0 aliphatic heterocycles. The molecule has 0 aliphatic carbocycles. The number of rotatable bonds is 3. The van der Waals surface area contributed by atoms with E-state index < -0.39 is 5.41 Å². The fourth-order valence-electron chi connectivity index (χ4n) is 1.93. The summed E-state index contributed by atoms with van der Waals surface area (Å²) in [4.78, 5) is 21.0. The van der Waals surface area contributed by atoms with Crippen molar-refractivity contribution in [1.82, 2.24) is 9.97 Å². The lowest BCUT2D eigenvalue weighted by molar-refractivity contribution is 0.0853. The van der Waals surface area contributed by atoms with E-state index in [2.05, 4.69) is 29.1 Å². The van der Waals surface area contributed by atoms with Crippen molar-refractivity contribution in [2.75, 3.05) is 5.32 Å². The second-order valence-electron chi connectivity index (χ2n) is 6.34. The summed E-state index contributed by atoms with van der Waals surface area (Å²) in [5.41, 5.74) is 2.53. The molecule has 0 atom stereocenters. The Kier molecular flexibility index (Phi) is 3.75. The number of aromatic nitrogens is 2. The van der Waals surface area contributed by atoms with E-state index in [1.165, 1.54) is 0 Å². The summed E-state index contributed by atoms with van der Waals surface area (Å²) in [6, 6.07) is 6.17. The first-order valence-corrected chi connectivity index (χ1v) is 6.85. The van der Waals surface area contributed by atoms with Gasteiger partial charge in [0.1, 0.15) is 5.69 Å². The number of anilines is 1. The second kappa shape index (κ2) is 5.19. The van der Waals surface area contributed by atoms with Gasteiger partial charge in [-0.3, -0.25) is 9.78 Å². The van der Waals surface area contributed by atoms with Crippen molar-refractivity contribution in [3.05, 3.63) is 30.1 Å². The zero-order chi connectivity index (χ0) is 14.9. The Morgan fingerprint density at radius 2 is 1.90 bits per heavy atom. The van der Waals surface area contributed by atoms with Gasteiger partial charge in [-0.25, -0.2) is 4.98 Å². The average Bonchev–Trinajstić information content (AvgIpc) is 2.35. The van der Waals surface area contributed by atoms with Crippen LogP contribution in [0, 0.1) is 5.41 Å². The maximum atomic E-state index is 12.2. The number of benzene rings is 1. The Balaban J connectivity index is 2.39. The van der Waals surface area contributed by atoms with Gasteiger partial charge in [-0.15, -0.1) is 0 Å². The molecule has 106 valence electrons. The predicted octanol–water partition coefficient (Wildman–Crippen LogP) is 3.68. The molecule has 0 radical (unpaired) electrons. The molecule has 0 bridgehead atoms. The van der Waals surface area contributed by atoms with Gasteiger partial charge in [0.05, 0.1) is 17.2 Å². The van der Waals surface area contributed by atoms with Crippen molar-refractivity contribution in [2.24, 2.45) is 5.41 Å². The molecule has 1 heterocycles. The van der Waals surface area contributed by atoms with Crippen molar-refractivity contribution in [2.45, 2.75) is 40.7 Å². The van der Waals surface area contributed by atoms with E-state index in [1.807, 2.05) is 39.0 Å². The van der Waals surface area contributed by atoms with Crippen molar-refractivity contribution in [3.8, 4) is 0 Å². The van der Waals surface area contributed by atoms with E-state index in [0.717, 1.165) is 16.7 Å². The molecule has 0 amide bonds. The van der Waals surface area contributed by atoms with Crippen LogP contribution < -0.4 is 5.32 Å². The van der Waals surface area contributed by atoms with E-state index in [-0.39, 0.29) is 5.78 Å². The van der Waals surface area contributed by atoms with Gasteiger partial charge in [-0.05, 0) is 32.0 Å². The summed E-state index contributed by atoms with van der Waals surface area (Å²) in [6.45, 7) is 9.83. The van der Waals surface area contributed by atoms with E-state index in [0.29, 0.717) is 11.7 Å². The summed E-state index contributed by atoms with van der Waals surface area (Å²) in [5, 5.41) is 3.32. The Hall–Kier alpha value is -1.97. The lowest BCUT2D eigenvalue weighted by atomic mass is 9.89. The molecule has 0 aliphatic rings. The number of carbonyl (C=O) groups is 1. The Morgan fingerprint density at radius 1 is 1.20 bits per heavy atom. The fourth-order valence-corrected chi connectivity index (χ4v) is 1.93. The summed E-state index contributed by atoms with van der Waals surface area (Å²) < 4.78 is 0. The topological polar surface area (TPSA) is 54.9 Å². The number of fused-ring (bicyclic) bond motifs is 1. The zero-order valence-corrected chi connectivity index (χ0v) is 12.7. The molecule has 4 nitrogen and oxygen atoms in total. The number of hydrogen-bond acceptors (Lipinski definition) is 4. The van der Waals surface area contributed by atoms with Gasteiger partial charge in [-0.2, -0.15) is 0 Å². The summed E-state index contributed by atoms with van der Waals surface area (Å²) in [6.07, 6.45) is 1.56. The van der Waals surface area contributed by atoms with E-state index >= 15 is 0 Å². The quantitative estimate of drug-likeness (QED) is 0.865. The number of nitrogens with one attached hydrogen (secondary N) is 1. The number of nitrogens with zero attached hydrogens (tertiary/aromatic N) is 2. The molecule has 1 aromatic carbocycles. The highest BCUT2D eigenvalue weighted by molar-refractivity contribution is 5.99. The maximum absolute atomic E-state index is 12.2. The minimum absolute atomic E-state index is 0.0104. The molecule has 2 aromatic rings. The molecule has 1 aromatic heterocycles. The Morgan fingerprint density at radius 3 is 2.50 bits per heavy atom. The first-order valence-electron chi connectivity index (χ1n) is 6.85. The predicted molar refractivity (Wildman–Crippen MR) is 82.1 cm³/mol. The van der Waals surface area contributed by atoms with Crippen molar-refractivity contribution in [1.29, 1.82) is 0 Å². The smallest absolute Gasteiger partial charge is 0.188 e. The first-order chi connectivity index (χ1) is 9.27. The highest BCUT2D eigenvalue weighted by Crippen LogP contribution is 2.22. The number of ketones is 1. The molecular formula is C16H21N3O. The van der Waals surface area contributed by atoms with Crippen LogP contribution in [0.2, 0.25) is 0 Å². The maximum Gasteiger partial charge on any atom is 0.188 e. The number of carbonyl (C=O) groups excluding carboxylic acids is 1. The number of hydrogen-bond donors (Lipinski definition) is 1. The van der Waals surface area contributed by atoms with Gasteiger partial charge in [-0.1, -0.05) is 20.8 Å². The highest BCUT2D eigenvalue weighted by Gasteiger charge is 2.24. The summed E-state index contributed by atoms with van der Waals surface area (Å²) in [7, 11) is 0. The Bertz CT molecular complexity index is 642. The second-order valence-corrected chi connectivity index (χ2v) is 6.34. The van der Waals surface area contributed by atoms with Gasteiger partial charge in [0.25, 0.3) is 0 Å². The molecule has 1 N–H and O–H groups in total. The monoisotopic (exact) mass is 271 g/mol. The van der Waals surface area contributed by atoms with Crippen LogP contribution >= 0.6 is 0 Å². The molecule has 0 fully saturated rings. The van der Waals surface area contributed by atoms with Gasteiger partial charge in [0, 0.05) is 17.1 Å². The van der Waals surface area contributed by atoms with E-state index in [1.54, 1.807) is 6.20 Å². The average molecular weight is 271 g/mol. The third-order valence-corrected chi connectivity index (χ3v) is 2.91. The Labute approximate surface area is 119 Å².